The quantitative estimate of drug-likeness (QED) is 0.807. The van der Waals surface area contributed by atoms with E-state index in [9.17, 15) is 9.59 Å². The molecule has 2 heterocycles. The maximum atomic E-state index is 12.9. The molecule has 4 unspecified atom stereocenters. The molecule has 4 fully saturated rings. The summed E-state index contributed by atoms with van der Waals surface area (Å²) in [5.41, 5.74) is 6.34. The van der Waals surface area contributed by atoms with E-state index in [1.165, 1.54) is 19.3 Å². The first-order valence-corrected chi connectivity index (χ1v) is 10.2. The number of rotatable bonds is 3. The molecule has 2 aliphatic heterocycles. The summed E-state index contributed by atoms with van der Waals surface area (Å²) < 4.78 is 0. The monoisotopic (exact) mass is 348 g/mol. The summed E-state index contributed by atoms with van der Waals surface area (Å²) in [5, 5.41) is 0. The summed E-state index contributed by atoms with van der Waals surface area (Å²) >= 11 is 0. The topological polar surface area (TPSA) is 69.9 Å². The van der Waals surface area contributed by atoms with Crippen molar-refractivity contribution in [3.05, 3.63) is 0 Å². The van der Waals surface area contributed by atoms with E-state index in [4.69, 9.17) is 5.73 Å². The second-order valence-corrected chi connectivity index (χ2v) is 8.48. The van der Waals surface area contributed by atoms with Gasteiger partial charge in [0.25, 0.3) is 0 Å². The average molecular weight is 348 g/mol. The Morgan fingerprint density at radius 1 is 0.840 bits per heavy atom. The average Bonchev–Trinajstić information content (AvgIpc) is 3.24. The van der Waals surface area contributed by atoms with Crippen LogP contribution >= 0.6 is 0 Å². The number of amides is 2. The van der Waals surface area contributed by atoms with E-state index in [-0.39, 0.29) is 23.8 Å². The Bertz CT molecular complexity index is 510. The van der Waals surface area contributed by atoms with Gasteiger partial charge < -0.3 is 15.5 Å². The van der Waals surface area contributed by atoms with Crippen molar-refractivity contribution in [3.63, 3.8) is 0 Å². The zero-order valence-corrected chi connectivity index (χ0v) is 15.2. The molecule has 2 bridgehead atoms. The van der Waals surface area contributed by atoms with Gasteiger partial charge in [0.05, 0.1) is 12.5 Å². The highest BCUT2D eigenvalue weighted by molar-refractivity contribution is 5.81. The minimum Gasteiger partial charge on any atom is -0.342 e. The Morgan fingerprint density at radius 3 is 2.16 bits per heavy atom. The van der Waals surface area contributed by atoms with Crippen molar-refractivity contribution >= 4 is 11.8 Å². The Labute approximate surface area is 150 Å². The number of piperazine rings is 1. The predicted molar refractivity (Wildman–Crippen MR) is 95.7 cm³/mol. The van der Waals surface area contributed by atoms with Crippen molar-refractivity contribution in [1.82, 2.24) is 14.7 Å². The normalized spacial score (nSPS) is 36.0. The Balaban J connectivity index is 1.25. The lowest BCUT2D eigenvalue weighted by atomic mass is 9.84. The Hall–Kier alpha value is -1.14. The number of hydrogen-bond donors (Lipinski definition) is 1. The van der Waals surface area contributed by atoms with Crippen molar-refractivity contribution in [1.29, 1.82) is 0 Å². The maximum absolute atomic E-state index is 12.9. The molecule has 2 aliphatic carbocycles. The van der Waals surface area contributed by atoms with Gasteiger partial charge in [0.1, 0.15) is 0 Å². The molecule has 2 N–H and O–H groups in total. The number of likely N-dealkylation sites (tertiary alicyclic amines) is 1. The van der Waals surface area contributed by atoms with Crippen molar-refractivity contribution in [2.75, 3.05) is 45.8 Å². The van der Waals surface area contributed by atoms with Crippen LogP contribution in [0.5, 0.6) is 0 Å². The fraction of sp³-hybridized carbons (Fsp3) is 0.895. The molecule has 6 heteroatoms. The highest BCUT2D eigenvalue weighted by atomic mass is 16.2. The Morgan fingerprint density at radius 2 is 1.52 bits per heavy atom. The molecule has 140 valence electrons. The predicted octanol–water partition coefficient (Wildman–Crippen LogP) is 0.517. The molecule has 0 aromatic heterocycles. The van der Waals surface area contributed by atoms with Crippen LogP contribution in [0.2, 0.25) is 0 Å². The van der Waals surface area contributed by atoms with E-state index in [2.05, 4.69) is 4.90 Å². The van der Waals surface area contributed by atoms with E-state index in [1.54, 1.807) is 0 Å². The van der Waals surface area contributed by atoms with E-state index in [0.29, 0.717) is 18.4 Å². The van der Waals surface area contributed by atoms with Crippen molar-refractivity contribution in [2.45, 2.75) is 44.6 Å². The molecule has 0 aromatic carbocycles. The van der Waals surface area contributed by atoms with Crippen molar-refractivity contribution < 1.29 is 9.59 Å². The van der Waals surface area contributed by atoms with Gasteiger partial charge in [-0.3, -0.25) is 14.5 Å². The first-order valence-electron chi connectivity index (χ1n) is 10.2. The standard InChI is InChI=1S/C19H32N4O2/c20-18-15-5-4-14(12-15)17(18)19(25)23-10-8-21(9-11-23)13-16(24)22-6-2-1-3-7-22/h14-15,17-18H,1-13,20H2. The molecule has 6 nitrogen and oxygen atoms in total. The van der Waals surface area contributed by atoms with Gasteiger partial charge in [0.15, 0.2) is 0 Å². The summed E-state index contributed by atoms with van der Waals surface area (Å²) in [6.45, 7) is 5.44. The van der Waals surface area contributed by atoms with Crippen LogP contribution in [0.3, 0.4) is 0 Å². The van der Waals surface area contributed by atoms with Crippen molar-refractivity contribution in [3.8, 4) is 0 Å². The number of nitrogens with two attached hydrogens (primary N) is 1. The first kappa shape index (κ1) is 17.3. The molecule has 2 saturated heterocycles. The van der Waals surface area contributed by atoms with E-state index >= 15 is 0 Å². The summed E-state index contributed by atoms with van der Waals surface area (Å²) in [7, 11) is 0. The molecular weight excluding hydrogens is 316 g/mol. The van der Waals surface area contributed by atoms with Crippen LogP contribution in [0, 0.1) is 17.8 Å². The number of fused-ring (bicyclic) bond motifs is 2. The number of piperidine rings is 1. The Kier molecular flexibility index (Phi) is 5.00. The van der Waals surface area contributed by atoms with E-state index < -0.39 is 0 Å². The summed E-state index contributed by atoms with van der Waals surface area (Å²) in [5.74, 6) is 1.69. The van der Waals surface area contributed by atoms with Crippen LogP contribution in [0.1, 0.15) is 38.5 Å². The summed E-state index contributed by atoms with van der Waals surface area (Å²) in [6, 6.07) is 0.0740. The lowest BCUT2D eigenvalue weighted by Gasteiger charge is -2.39. The highest BCUT2D eigenvalue weighted by Crippen LogP contribution is 2.48. The smallest absolute Gasteiger partial charge is 0.236 e. The zero-order valence-electron chi connectivity index (χ0n) is 15.2. The molecule has 25 heavy (non-hydrogen) atoms. The maximum Gasteiger partial charge on any atom is 0.236 e. The van der Waals surface area contributed by atoms with Crippen LogP contribution in [0.15, 0.2) is 0 Å². The highest BCUT2D eigenvalue weighted by Gasteiger charge is 2.50. The summed E-state index contributed by atoms with van der Waals surface area (Å²) in [4.78, 5) is 31.6. The molecule has 4 rings (SSSR count). The van der Waals surface area contributed by atoms with Crippen LogP contribution < -0.4 is 5.73 Å². The van der Waals surface area contributed by atoms with Crippen LogP contribution in [0.4, 0.5) is 0 Å². The van der Waals surface area contributed by atoms with Gasteiger partial charge in [-0.2, -0.15) is 0 Å². The lowest BCUT2D eigenvalue weighted by molar-refractivity contribution is -0.140. The molecule has 0 spiro atoms. The van der Waals surface area contributed by atoms with Gasteiger partial charge in [-0.15, -0.1) is 0 Å². The lowest BCUT2D eigenvalue weighted by Crippen LogP contribution is -2.55. The van der Waals surface area contributed by atoms with E-state index in [1.807, 2.05) is 9.80 Å². The molecule has 4 atom stereocenters. The fourth-order valence-electron chi connectivity index (χ4n) is 5.47. The van der Waals surface area contributed by atoms with Gasteiger partial charge in [0, 0.05) is 45.3 Å². The van der Waals surface area contributed by atoms with Crippen LogP contribution in [-0.4, -0.2) is 78.4 Å². The molecule has 0 radical (unpaired) electrons. The second-order valence-electron chi connectivity index (χ2n) is 8.48. The van der Waals surface area contributed by atoms with Crippen LogP contribution in [0.25, 0.3) is 0 Å². The SMILES string of the molecule is NC1C2CCC(C2)C1C(=O)N1CCN(CC(=O)N2CCCCC2)CC1. The molecule has 4 aliphatic rings. The second kappa shape index (κ2) is 7.23. The first-order chi connectivity index (χ1) is 12.1. The fourth-order valence-corrected chi connectivity index (χ4v) is 5.47. The zero-order chi connectivity index (χ0) is 17.4. The van der Waals surface area contributed by atoms with Gasteiger partial charge in [0.2, 0.25) is 11.8 Å². The van der Waals surface area contributed by atoms with Gasteiger partial charge in [-0.05, 0) is 50.4 Å². The number of carbonyl (C=O) groups is 2. The largest absolute Gasteiger partial charge is 0.342 e. The molecule has 2 saturated carbocycles. The van der Waals surface area contributed by atoms with Gasteiger partial charge in [-0.1, -0.05) is 0 Å². The van der Waals surface area contributed by atoms with E-state index in [0.717, 1.165) is 58.5 Å². The third-order valence-electron chi connectivity index (χ3n) is 7.02. The number of carbonyl (C=O) groups excluding carboxylic acids is 2. The van der Waals surface area contributed by atoms with Gasteiger partial charge in [-0.25, -0.2) is 0 Å². The molecular formula is C19H32N4O2. The number of nitrogens with zero attached hydrogens (tertiary/aromatic N) is 3. The number of hydrogen-bond acceptors (Lipinski definition) is 4. The molecule has 2 amide bonds. The van der Waals surface area contributed by atoms with Gasteiger partial charge >= 0.3 is 0 Å². The summed E-state index contributed by atoms with van der Waals surface area (Å²) in [6.07, 6.45) is 7.06. The minimum atomic E-state index is 0.0558. The van der Waals surface area contributed by atoms with Crippen LogP contribution in [-0.2, 0) is 9.59 Å². The minimum absolute atomic E-state index is 0.0558. The third kappa shape index (κ3) is 3.43. The molecule has 0 aromatic rings. The third-order valence-corrected chi connectivity index (χ3v) is 7.02. The van der Waals surface area contributed by atoms with Crippen molar-refractivity contribution in [2.24, 2.45) is 23.5 Å².